The summed E-state index contributed by atoms with van der Waals surface area (Å²) in [6.07, 6.45) is 0.892. The van der Waals surface area contributed by atoms with Gasteiger partial charge in [-0.05, 0) is 23.6 Å². The Kier molecular flexibility index (Phi) is 3.90. The lowest BCUT2D eigenvalue weighted by molar-refractivity contribution is 0.210. The maximum atomic E-state index is 10.2. The Morgan fingerprint density at radius 2 is 1.78 bits per heavy atom. The zero-order chi connectivity index (χ0) is 13.3. The quantitative estimate of drug-likeness (QED) is 0.851. The van der Waals surface area contributed by atoms with Gasteiger partial charge in [0.2, 0.25) is 0 Å². The summed E-state index contributed by atoms with van der Waals surface area (Å²) in [5, 5.41) is 10.7. The van der Waals surface area contributed by atoms with Crippen LogP contribution in [-0.4, -0.2) is 20.1 Å². The number of aromatic nitrogens is 3. The molecule has 2 aromatic heterocycles. The highest BCUT2D eigenvalue weighted by Crippen LogP contribution is 2.25. The third-order valence-corrected chi connectivity index (χ3v) is 2.96. The molecule has 0 amide bonds. The molecule has 4 nitrogen and oxygen atoms in total. The Balaban J connectivity index is 2.31. The Morgan fingerprint density at radius 1 is 1.17 bits per heavy atom. The predicted molar refractivity (Wildman–Crippen MR) is 71.0 cm³/mol. The molecule has 0 aliphatic rings. The molecule has 0 aliphatic carbocycles. The molecule has 0 spiro atoms. The van der Waals surface area contributed by atoms with Crippen LogP contribution in [0.2, 0.25) is 10.3 Å². The molecular formula is C12H13Cl2N3O. The van der Waals surface area contributed by atoms with E-state index in [9.17, 15) is 5.11 Å². The van der Waals surface area contributed by atoms with Gasteiger partial charge in [0.1, 0.15) is 22.2 Å². The van der Waals surface area contributed by atoms with Crippen LogP contribution in [0.5, 0.6) is 0 Å². The van der Waals surface area contributed by atoms with E-state index >= 15 is 0 Å². The van der Waals surface area contributed by atoms with Crippen LogP contribution in [0, 0.1) is 0 Å². The van der Waals surface area contributed by atoms with Gasteiger partial charge in [-0.1, -0.05) is 37.0 Å². The molecule has 1 atom stereocenters. The standard InChI is InChI=1S/C12H13Cl2N3O/c1-6(2)8-5-15-12(16-8)11(18)7-3-9(13)17-10(14)4-7/h3-6,11,18H,1-2H3,(H,15,16). The number of H-pyrrole nitrogens is 1. The fraction of sp³-hybridized carbons (Fsp3) is 0.333. The SMILES string of the molecule is CC(C)c1c[nH]c(C(O)c2cc(Cl)nc(Cl)c2)n1. The summed E-state index contributed by atoms with van der Waals surface area (Å²) >= 11 is 11.6. The van der Waals surface area contributed by atoms with Crippen molar-refractivity contribution in [2.75, 3.05) is 0 Å². The summed E-state index contributed by atoms with van der Waals surface area (Å²) < 4.78 is 0. The molecule has 1 unspecified atom stereocenters. The minimum absolute atomic E-state index is 0.243. The van der Waals surface area contributed by atoms with Crippen LogP contribution in [-0.2, 0) is 0 Å². The van der Waals surface area contributed by atoms with E-state index < -0.39 is 6.10 Å². The zero-order valence-electron chi connectivity index (χ0n) is 9.98. The van der Waals surface area contributed by atoms with Crippen LogP contribution in [0.3, 0.4) is 0 Å². The predicted octanol–water partition coefficient (Wildman–Crippen LogP) is 3.32. The molecule has 2 heterocycles. The molecule has 96 valence electrons. The second-order valence-electron chi connectivity index (χ2n) is 4.31. The van der Waals surface area contributed by atoms with Crippen LogP contribution in [0.1, 0.15) is 43.0 Å². The van der Waals surface area contributed by atoms with Crippen LogP contribution >= 0.6 is 23.2 Å². The first-order valence-electron chi connectivity index (χ1n) is 5.53. The van der Waals surface area contributed by atoms with E-state index in [-0.39, 0.29) is 10.3 Å². The first-order chi connectivity index (χ1) is 8.47. The van der Waals surface area contributed by atoms with Crippen molar-refractivity contribution in [2.24, 2.45) is 0 Å². The average molecular weight is 286 g/mol. The number of aliphatic hydroxyl groups is 1. The van der Waals surface area contributed by atoms with E-state index in [1.54, 1.807) is 18.3 Å². The smallest absolute Gasteiger partial charge is 0.140 e. The van der Waals surface area contributed by atoms with Crippen molar-refractivity contribution in [2.45, 2.75) is 25.9 Å². The van der Waals surface area contributed by atoms with Gasteiger partial charge < -0.3 is 10.1 Å². The van der Waals surface area contributed by atoms with Gasteiger partial charge in [-0.25, -0.2) is 9.97 Å². The van der Waals surface area contributed by atoms with Gasteiger partial charge in [0.25, 0.3) is 0 Å². The van der Waals surface area contributed by atoms with E-state index in [1.165, 1.54) is 0 Å². The normalized spacial score (nSPS) is 13.0. The van der Waals surface area contributed by atoms with Crippen LogP contribution in [0.4, 0.5) is 0 Å². The van der Waals surface area contributed by atoms with Gasteiger partial charge in [0.05, 0.1) is 5.69 Å². The second kappa shape index (κ2) is 5.26. The maximum absolute atomic E-state index is 10.2. The topological polar surface area (TPSA) is 61.8 Å². The Hall–Kier alpha value is -1.10. The Morgan fingerprint density at radius 3 is 2.28 bits per heavy atom. The third-order valence-electron chi connectivity index (χ3n) is 2.57. The van der Waals surface area contributed by atoms with Crippen molar-refractivity contribution in [1.82, 2.24) is 15.0 Å². The molecule has 6 heteroatoms. The van der Waals surface area contributed by atoms with Gasteiger partial charge in [0, 0.05) is 6.20 Å². The van der Waals surface area contributed by atoms with Gasteiger partial charge in [-0.15, -0.1) is 0 Å². The molecule has 2 N–H and O–H groups in total. The molecule has 0 aromatic carbocycles. The Bertz CT molecular complexity index is 534. The van der Waals surface area contributed by atoms with Crippen molar-refractivity contribution >= 4 is 23.2 Å². The summed E-state index contributed by atoms with van der Waals surface area (Å²) in [7, 11) is 0. The highest BCUT2D eigenvalue weighted by molar-refractivity contribution is 6.32. The van der Waals surface area contributed by atoms with Crippen molar-refractivity contribution in [1.29, 1.82) is 0 Å². The molecule has 0 bridgehead atoms. The van der Waals surface area contributed by atoms with E-state index in [1.807, 2.05) is 13.8 Å². The first-order valence-corrected chi connectivity index (χ1v) is 6.29. The number of hydrogen-bond acceptors (Lipinski definition) is 3. The van der Waals surface area contributed by atoms with Gasteiger partial charge in [0.15, 0.2) is 0 Å². The van der Waals surface area contributed by atoms with Crippen LogP contribution < -0.4 is 0 Å². The maximum Gasteiger partial charge on any atom is 0.140 e. The molecule has 0 aliphatic heterocycles. The number of hydrogen-bond donors (Lipinski definition) is 2. The van der Waals surface area contributed by atoms with E-state index in [2.05, 4.69) is 15.0 Å². The summed E-state index contributed by atoms with van der Waals surface area (Å²) in [4.78, 5) is 11.1. The van der Waals surface area contributed by atoms with E-state index in [0.29, 0.717) is 17.3 Å². The summed E-state index contributed by atoms with van der Waals surface area (Å²) in [6, 6.07) is 3.13. The van der Waals surface area contributed by atoms with Gasteiger partial charge in [-0.2, -0.15) is 0 Å². The summed E-state index contributed by atoms with van der Waals surface area (Å²) in [5.41, 5.74) is 1.46. The second-order valence-corrected chi connectivity index (χ2v) is 5.09. The fourth-order valence-electron chi connectivity index (χ4n) is 1.59. The number of halogens is 2. The van der Waals surface area contributed by atoms with E-state index in [0.717, 1.165) is 5.69 Å². The molecule has 2 rings (SSSR count). The molecule has 18 heavy (non-hydrogen) atoms. The average Bonchev–Trinajstić information content (AvgIpc) is 2.75. The van der Waals surface area contributed by atoms with Crippen molar-refractivity contribution < 1.29 is 5.11 Å². The monoisotopic (exact) mass is 285 g/mol. The highest BCUT2D eigenvalue weighted by atomic mass is 35.5. The highest BCUT2D eigenvalue weighted by Gasteiger charge is 2.16. The third kappa shape index (κ3) is 2.83. The molecule has 0 saturated carbocycles. The fourth-order valence-corrected chi connectivity index (χ4v) is 2.06. The van der Waals surface area contributed by atoms with Crippen molar-refractivity contribution in [3.63, 3.8) is 0 Å². The molecule has 0 radical (unpaired) electrons. The van der Waals surface area contributed by atoms with Gasteiger partial charge in [-0.3, -0.25) is 0 Å². The minimum Gasteiger partial charge on any atom is -0.380 e. The number of pyridine rings is 1. The molecular weight excluding hydrogens is 273 g/mol. The lowest BCUT2D eigenvalue weighted by Gasteiger charge is -2.08. The summed E-state index contributed by atoms with van der Waals surface area (Å²) in [6.45, 7) is 4.07. The van der Waals surface area contributed by atoms with Gasteiger partial charge >= 0.3 is 0 Å². The number of nitrogens with zero attached hydrogens (tertiary/aromatic N) is 2. The number of rotatable bonds is 3. The number of nitrogens with one attached hydrogen (secondary N) is 1. The van der Waals surface area contributed by atoms with Crippen LogP contribution in [0.15, 0.2) is 18.3 Å². The van der Waals surface area contributed by atoms with Crippen molar-refractivity contribution in [3.8, 4) is 0 Å². The van der Waals surface area contributed by atoms with E-state index in [4.69, 9.17) is 23.2 Å². The summed E-state index contributed by atoms with van der Waals surface area (Å²) in [5.74, 6) is 0.767. The number of imidazole rings is 1. The zero-order valence-corrected chi connectivity index (χ0v) is 11.5. The minimum atomic E-state index is -0.893. The van der Waals surface area contributed by atoms with Crippen LogP contribution in [0.25, 0.3) is 0 Å². The number of aliphatic hydroxyl groups excluding tert-OH is 1. The lowest BCUT2D eigenvalue weighted by Crippen LogP contribution is -2.03. The first kappa shape index (κ1) is 13.3. The largest absolute Gasteiger partial charge is 0.380 e. The Labute approximate surface area is 115 Å². The lowest BCUT2D eigenvalue weighted by atomic mass is 10.1. The molecule has 0 saturated heterocycles. The molecule has 2 aromatic rings. The molecule has 0 fully saturated rings. The van der Waals surface area contributed by atoms with Crippen molar-refractivity contribution in [3.05, 3.63) is 45.7 Å². The number of aromatic amines is 1.